The molecule has 0 aromatic heterocycles. The fourth-order valence-corrected chi connectivity index (χ4v) is 2.41. The van der Waals surface area contributed by atoms with Crippen LogP contribution in [0.25, 0.3) is 0 Å². The number of rotatable bonds is 7. The first kappa shape index (κ1) is 19.0. The van der Waals surface area contributed by atoms with Crippen LogP contribution < -0.4 is 20.1 Å². The minimum atomic E-state index is -0.392. The molecule has 0 unspecified atom stereocenters. The van der Waals surface area contributed by atoms with Crippen molar-refractivity contribution in [2.75, 3.05) is 21.3 Å². The van der Waals surface area contributed by atoms with Crippen LogP contribution in [0.3, 0.4) is 0 Å². The lowest BCUT2D eigenvalue weighted by Gasteiger charge is -2.13. The molecule has 2 N–H and O–H groups in total. The summed E-state index contributed by atoms with van der Waals surface area (Å²) in [5.41, 5.74) is 1.65. The van der Waals surface area contributed by atoms with E-state index in [-0.39, 0.29) is 5.69 Å². The van der Waals surface area contributed by atoms with E-state index in [1.54, 1.807) is 39.5 Å². The predicted molar refractivity (Wildman–Crippen MR) is 99.7 cm³/mol. The van der Waals surface area contributed by atoms with Crippen molar-refractivity contribution in [1.29, 1.82) is 0 Å². The van der Waals surface area contributed by atoms with Crippen molar-refractivity contribution in [2.45, 2.75) is 13.1 Å². The molecular weight excluding hydrogens is 336 g/mol. The van der Waals surface area contributed by atoms with Gasteiger partial charge in [0.1, 0.15) is 0 Å². The molecule has 138 valence electrons. The Morgan fingerprint density at radius 3 is 2.42 bits per heavy atom. The number of hydrogen-bond acceptors (Lipinski definition) is 5. The topological polar surface area (TPSA) is 98.0 Å². The smallest absolute Gasteiger partial charge is 0.274 e. The lowest BCUT2D eigenvalue weighted by molar-refractivity contribution is -0.385. The number of hydrogen-bond donors (Lipinski definition) is 2. The second kappa shape index (κ2) is 9.26. The van der Waals surface area contributed by atoms with E-state index < -0.39 is 4.92 Å². The van der Waals surface area contributed by atoms with Crippen molar-refractivity contribution in [2.24, 2.45) is 4.99 Å². The lowest BCUT2D eigenvalue weighted by Crippen LogP contribution is -2.36. The number of aliphatic imine (C=N–C) groups is 1. The molecule has 8 heteroatoms. The van der Waals surface area contributed by atoms with Crippen molar-refractivity contribution in [3.05, 3.63) is 63.7 Å². The van der Waals surface area contributed by atoms with Crippen molar-refractivity contribution in [3.8, 4) is 11.5 Å². The van der Waals surface area contributed by atoms with E-state index in [9.17, 15) is 10.1 Å². The Hall–Kier alpha value is -3.29. The Kier molecular flexibility index (Phi) is 6.78. The molecule has 2 aromatic carbocycles. The summed E-state index contributed by atoms with van der Waals surface area (Å²) in [4.78, 5) is 14.8. The third-order valence-corrected chi connectivity index (χ3v) is 3.77. The van der Waals surface area contributed by atoms with Gasteiger partial charge < -0.3 is 20.1 Å². The molecule has 0 aliphatic carbocycles. The van der Waals surface area contributed by atoms with Crippen LogP contribution in [0.5, 0.6) is 11.5 Å². The van der Waals surface area contributed by atoms with Gasteiger partial charge in [-0.3, -0.25) is 15.1 Å². The average Bonchev–Trinajstić information content (AvgIpc) is 2.68. The number of nitrogens with zero attached hydrogens (tertiary/aromatic N) is 2. The van der Waals surface area contributed by atoms with Crippen LogP contribution in [0.4, 0.5) is 5.69 Å². The maximum atomic E-state index is 11.1. The Balaban J connectivity index is 1.98. The first-order valence-corrected chi connectivity index (χ1v) is 7.96. The van der Waals surface area contributed by atoms with Gasteiger partial charge in [-0.2, -0.15) is 0 Å². The maximum Gasteiger partial charge on any atom is 0.274 e. The second-order valence-corrected chi connectivity index (χ2v) is 5.35. The molecule has 0 saturated heterocycles. The standard InChI is InChI=1S/C18H22N4O4/c1-19-18(21-12-14-6-4-5-7-15(14)22(23)24)20-11-13-8-9-16(25-2)17(10-13)26-3/h4-10H,11-12H2,1-3H3,(H2,19,20,21). The summed E-state index contributed by atoms with van der Waals surface area (Å²) in [6, 6.07) is 12.2. The van der Waals surface area contributed by atoms with Crippen LogP contribution in [0, 0.1) is 10.1 Å². The van der Waals surface area contributed by atoms with Crippen LogP contribution in [0.1, 0.15) is 11.1 Å². The summed E-state index contributed by atoms with van der Waals surface area (Å²) in [6.45, 7) is 0.805. The monoisotopic (exact) mass is 358 g/mol. The summed E-state index contributed by atoms with van der Waals surface area (Å²) in [5.74, 6) is 1.85. The molecule has 26 heavy (non-hydrogen) atoms. The van der Waals surface area contributed by atoms with E-state index in [2.05, 4.69) is 15.6 Å². The van der Waals surface area contributed by atoms with Gasteiger partial charge in [-0.1, -0.05) is 24.3 Å². The van der Waals surface area contributed by atoms with Gasteiger partial charge in [0.2, 0.25) is 0 Å². The number of nitrogens with one attached hydrogen (secondary N) is 2. The van der Waals surface area contributed by atoms with Crippen LogP contribution in [0.15, 0.2) is 47.5 Å². The highest BCUT2D eigenvalue weighted by Gasteiger charge is 2.12. The van der Waals surface area contributed by atoms with Crippen LogP contribution in [0.2, 0.25) is 0 Å². The van der Waals surface area contributed by atoms with Crippen molar-refractivity contribution >= 4 is 11.6 Å². The fourth-order valence-electron chi connectivity index (χ4n) is 2.41. The van der Waals surface area contributed by atoms with Gasteiger partial charge in [-0.05, 0) is 17.7 Å². The van der Waals surface area contributed by atoms with Crippen LogP contribution >= 0.6 is 0 Å². The van der Waals surface area contributed by atoms with Gasteiger partial charge in [-0.15, -0.1) is 0 Å². The first-order chi connectivity index (χ1) is 12.6. The number of guanidine groups is 1. The molecule has 0 spiro atoms. The predicted octanol–water partition coefficient (Wildman–Crippen LogP) is 2.48. The fraction of sp³-hybridized carbons (Fsp3) is 0.278. The number of benzene rings is 2. The molecule has 2 aromatic rings. The van der Waals surface area contributed by atoms with E-state index in [4.69, 9.17) is 9.47 Å². The number of methoxy groups -OCH3 is 2. The van der Waals surface area contributed by atoms with Gasteiger partial charge in [0.25, 0.3) is 5.69 Å². The number of ether oxygens (including phenoxy) is 2. The Morgan fingerprint density at radius 2 is 1.77 bits per heavy atom. The zero-order valence-corrected chi connectivity index (χ0v) is 15.0. The van der Waals surface area contributed by atoms with Gasteiger partial charge in [-0.25, -0.2) is 0 Å². The second-order valence-electron chi connectivity index (χ2n) is 5.35. The summed E-state index contributed by atoms with van der Waals surface area (Å²) in [5, 5.41) is 17.3. The molecule has 0 bridgehead atoms. The Morgan fingerprint density at radius 1 is 1.08 bits per heavy atom. The average molecular weight is 358 g/mol. The van der Waals surface area contributed by atoms with Crippen LogP contribution in [-0.2, 0) is 13.1 Å². The largest absolute Gasteiger partial charge is 0.493 e. The van der Waals surface area contributed by atoms with E-state index in [1.807, 2.05) is 18.2 Å². The van der Waals surface area contributed by atoms with Crippen molar-refractivity contribution < 1.29 is 14.4 Å². The third kappa shape index (κ3) is 4.85. The molecule has 2 rings (SSSR count). The van der Waals surface area contributed by atoms with E-state index in [0.717, 1.165) is 5.56 Å². The minimum absolute atomic E-state index is 0.0790. The first-order valence-electron chi connectivity index (χ1n) is 7.96. The zero-order valence-electron chi connectivity index (χ0n) is 15.0. The highest BCUT2D eigenvalue weighted by molar-refractivity contribution is 5.79. The highest BCUT2D eigenvalue weighted by atomic mass is 16.6. The normalized spacial score (nSPS) is 11.0. The molecular formula is C18H22N4O4. The van der Waals surface area contributed by atoms with E-state index >= 15 is 0 Å². The summed E-state index contributed by atoms with van der Waals surface area (Å²) in [6.07, 6.45) is 0. The van der Waals surface area contributed by atoms with Crippen molar-refractivity contribution in [1.82, 2.24) is 10.6 Å². The van der Waals surface area contributed by atoms with E-state index in [0.29, 0.717) is 36.1 Å². The van der Waals surface area contributed by atoms with Gasteiger partial charge in [0.15, 0.2) is 17.5 Å². The van der Waals surface area contributed by atoms with Crippen LogP contribution in [-0.4, -0.2) is 32.2 Å². The Labute approximate surface area is 152 Å². The summed E-state index contributed by atoms with van der Waals surface area (Å²) < 4.78 is 10.5. The zero-order chi connectivity index (χ0) is 18.9. The number of nitro groups is 1. The molecule has 0 radical (unpaired) electrons. The molecule has 0 aliphatic rings. The van der Waals surface area contributed by atoms with Gasteiger partial charge in [0, 0.05) is 31.8 Å². The van der Waals surface area contributed by atoms with Gasteiger partial charge in [0.05, 0.1) is 19.1 Å². The molecule has 0 fully saturated rings. The molecule has 8 nitrogen and oxygen atoms in total. The SMILES string of the molecule is CN=C(NCc1ccc(OC)c(OC)c1)NCc1ccccc1[N+](=O)[O-]. The lowest BCUT2D eigenvalue weighted by atomic mass is 10.2. The maximum absolute atomic E-state index is 11.1. The Bertz CT molecular complexity index is 793. The van der Waals surface area contributed by atoms with Crippen molar-refractivity contribution in [3.63, 3.8) is 0 Å². The summed E-state index contributed by atoms with van der Waals surface area (Å²) >= 11 is 0. The molecule has 0 atom stereocenters. The summed E-state index contributed by atoms with van der Waals surface area (Å²) in [7, 11) is 4.82. The molecule has 0 saturated carbocycles. The quantitative estimate of drug-likeness (QED) is 0.341. The van der Waals surface area contributed by atoms with E-state index in [1.165, 1.54) is 6.07 Å². The highest BCUT2D eigenvalue weighted by Crippen LogP contribution is 2.27. The molecule has 0 aliphatic heterocycles. The molecule has 0 heterocycles. The minimum Gasteiger partial charge on any atom is -0.493 e. The number of para-hydroxylation sites is 1. The number of nitro benzene ring substituents is 1. The molecule has 0 amide bonds. The van der Waals surface area contributed by atoms with Gasteiger partial charge >= 0.3 is 0 Å². The third-order valence-electron chi connectivity index (χ3n) is 3.77.